The van der Waals surface area contributed by atoms with E-state index in [0.29, 0.717) is 26.2 Å². The van der Waals surface area contributed by atoms with Crippen molar-refractivity contribution >= 4 is 23.2 Å². The molecular weight excluding hydrogens is 367 g/mol. The number of rotatable bonds is 5. The summed E-state index contributed by atoms with van der Waals surface area (Å²) in [5.41, 5.74) is 1.06. The molecule has 0 atom stereocenters. The van der Waals surface area contributed by atoms with Gasteiger partial charge in [0.2, 0.25) is 5.91 Å². The molecule has 0 bridgehead atoms. The third-order valence-corrected chi connectivity index (χ3v) is 4.55. The lowest BCUT2D eigenvalue weighted by molar-refractivity contribution is -0.384. The summed E-state index contributed by atoms with van der Waals surface area (Å²) in [6.45, 7) is 1.97. The van der Waals surface area contributed by atoms with Crippen LogP contribution in [-0.4, -0.2) is 54.4 Å². The predicted octanol–water partition coefficient (Wildman–Crippen LogP) is 1.81. The van der Waals surface area contributed by atoms with Crippen molar-refractivity contribution in [2.75, 3.05) is 37.6 Å². The first-order valence-corrected chi connectivity index (χ1v) is 8.75. The molecule has 0 aromatic heterocycles. The van der Waals surface area contributed by atoms with Gasteiger partial charge in [-0.15, -0.1) is 0 Å². The minimum Gasteiger partial charge on any atom is -0.368 e. The monoisotopic (exact) mass is 386 g/mol. The van der Waals surface area contributed by atoms with E-state index < -0.39 is 16.6 Å². The molecule has 146 valence electrons. The molecule has 8 nitrogen and oxygen atoms in total. The Morgan fingerprint density at radius 1 is 1.07 bits per heavy atom. The van der Waals surface area contributed by atoms with Gasteiger partial charge in [-0.2, -0.15) is 0 Å². The van der Waals surface area contributed by atoms with Crippen molar-refractivity contribution in [3.8, 4) is 0 Å². The van der Waals surface area contributed by atoms with E-state index in [1.807, 2.05) is 4.90 Å². The number of carbonyl (C=O) groups excluding carboxylic acids is 2. The second-order valence-electron chi connectivity index (χ2n) is 6.33. The van der Waals surface area contributed by atoms with E-state index in [0.717, 1.165) is 11.8 Å². The average Bonchev–Trinajstić information content (AvgIpc) is 2.72. The van der Waals surface area contributed by atoms with Crippen molar-refractivity contribution in [1.82, 2.24) is 10.2 Å². The number of halogens is 1. The molecule has 2 aromatic carbocycles. The van der Waals surface area contributed by atoms with Crippen LogP contribution in [0.5, 0.6) is 0 Å². The summed E-state index contributed by atoms with van der Waals surface area (Å²) in [5.74, 6) is -1.23. The molecule has 1 fully saturated rings. The number of hydrogen-bond acceptors (Lipinski definition) is 5. The predicted molar refractivity (Wildman–Crippen MR) is 101 cm³/mol. The maximum absolute atomic E-state index is 13.2. The summed E-state index contributed by atoms with van der Waals surface area (Å²) < 4.78 is 13.2. The van der Waals surface area contributed by atoms with Crippen LogP contribution in [0.4, 0.5) is 15.8 Å². The Bertz CT molecular complexity index is 880. The Labute approximate surface area is 160 Å². The molecule has 2 amide bonds. The van der Waals surface area contributed by atoms with Crippen molar-refractivity contribution < 1.29 is 18.9 Å². The van der Waals surface area contributed by atoms with Crippen LogP contribution < -0.4 is 10.2 Å². The van der Waals surface area contributed by atoms with Crippen LogP contribution in [0.25, 0.3) is 0 Å². The molecule has 0 radical (unpaired) electrons. The Balaban J connectivity index is 1.48. The molecule has 1 aliphatic heterocycles. The standard InChI is InChI=1S/C19H19FN4O4/c20-15-3-1-2-14(12-15)19(26)21-13-18(25)23-10-8-22(9-11-23)16-4-6-17(7-5-16)24(27)28/h1-7,12H,8-11,13H2,(H,21,26). The number of benzene rings is 2. The topological polar surface area (TPSA) is 95.8 Å². The van der Waals surface area contributed by atoms with Crippen LogP contribution in [0.1, 0.15) is 10.4 Å². The van der Waals surface area contributed by atoms with Gasteiger partial charge >= 0.3 is 0 Å². The van der Waals surface area contributed by atoms with E-state index in [-0.39, 0.29) is 23.7 Å². The Morgan fingerprint density at radius 2 is 1.75 bits per heavy atom. The van der Waals surface area contributed by atoms with E-state index in [1.54, 1.807) is 17.0 Å². The Kier molecular flexibility index (Phi) is 5.83. The number of non-ortho nitro benzene ring substituents is 1. The largest absolute Gasteiger partial charge is 0.368 e. The van der Waals surface area contributed by atoms with E-state index in [2.05, 4.69) is 5.32 Å². The molecule has 1 saturated heterocycles. The zero-order valence-corrected chi connectivity index (χ0v) is 15.0. The lowest BCUT2D eigenvalue weighted by atomic mass is 10.2. The van der Waals surface area contributed by atoms with Gasteiger partial charge in [0.1, 0.15) is 5.82 Å². The molecule has 3 rings (SSSR count). The SMILES string of the molecule is O=C(NCC(=O)N1CCN(c2ccc([N+](=O)[O-])cc2)CC1)c1cccc(F)c1. The van der Waals surface area contributed by atoms with Gasteiger partial charge in [0, 0.05) is 49.6 Å². The lowest BCUT2D eigenvalue weighted by Gasteiger charge is -2.36. The number of nitrogens with one attached hydrogen (secondary N) is 1. The van der Waals surface area contributed by atoms with Crippen LogP contribution in [0, 0.1) is 15.9 Å². The maximum Gasteiger partial charge on any atom is 0.269 e. The second-order valence-corrected chi connectivity index (χ2v) is 6.33. The van der Waals surface area contributed by atoms with E-state index >= 15 is 0 Å². The zero-order chi connectivity index (χ0) is 20.1. The fourth-order valence-corrected chi connectivity index (χ4v) is 3.00. The molecular formula is C19H19FN4O4. The molecule has 9 heteroatoms. The van der Waals surface area contributed by atoms with Gasteiger partial charge < -0.3 is 15.1 Å². The molecule has 0 spiro atoms. The van der Waals surface area contributed by atoms with Crippen molar-refractivity contribution in [2.45, 2.75) is 0 Å². The van der Waals surface area contributed by atoms with Crippen LogP contribution in [0.2, 0.25) is 0 Å². The van der Waals surface area contributed by atoms with E-state index in [9.17, 15) is 24.1 Å². The fraction of sp³-hybridized carbons (Fsp3) is 0.263. The lowest BCUT2D eigenvalue weighted by Crippen LogP contribution is -2.51. The molecule has 0 aliphatic carbocycles. The van der Waals surface area contributed by atoms with Gasteiger partial charge in [0.05, 0.1) is 11.5 Å². The fourth-order valence-electron chi connectivity index (χ4n) is 3.00. The summed E-state index contributed by atoms with van der Waals surface area (Å²) in [5, 5.41) is 13.2. The number of hydrogen-bond donors (Lipinski definition) is 1. The summed E-state index contributed by atoms with van der Waals surface area (Å²) in [4.78, 5) is 38.3. The number of anilines is 1. The maximum atomic E-state index is 13.2. The molecule has 0 saturated carbocycles. The first-order valence-electron chi connectivity index (χ1n) is 8.75. The summed E-state index contributed by atoms with van der Waals surface area (Å²) in [6.07, 6.45) is 0. The molecule has 1 aliphatic rings. The average molecular weight is 386 g/mol. The smallest absolute Gasteiger partial charge is 0.269 e. The Morgan fingerprint density at radius 3 is 2.36 bits per heavy atom. The van der Waals surface area contributed by atoms with Gasteiger partial charge in [0.25, 0.3) is 11.6 Å². The number of nitro benzene ring substituents is 1. The third kappa shape index (κ3) is 4.61. The van der Waals surface area contributed by atoms with Gasteiger partial charge in [0.15, 0.2) is 0 Å². The van der Waals surface area contributed by atoms with Crippen molar-refractivity contribution in [3.05, 3.63) is 70.0 Å². The van der Waals surface area contributed by atoms with Gasteiger partial charge in [-0.3, -0.25) is 19.7 Å². The molecule has 1 heterocycles. The number of nitrogens with zero attached hydrogens (tertiary/aromatic N) is 3. The van der Waals surface area contributed by atoms with Gasteiger partial charge in [-0.05, 0) is 30.3 Å². The highest BCUT2D eigenvalue weighted by molar-refractivity contribution is 5.96. The minimum atomic E-state index is -0.513. The zero-order valence-electron chi connectivity index (χ0n) is 15.0. The number of piperazine rings is 1. The molecule has 0 unspecified atom stereocenters. The first kappa shape index (κ1) is 19.3. The number of amides is 2. The van der Waals surface area contributed by atoms with E-state index in [4.69, 9.17) is 0 Å². The highest BCUT2D eigenvalue weighted by Crippen LogP contribution is 2.20. The molecule has 2 aromatic rings. The quantitative estimate of drug-likeness (QED) is 0.625. The van der Waals surface area contributed by atoms with Crippen molar-refractivity contribution in [3.63, 3.8) is 0 Å². The van der Waals surface area contributed by atoms with Crippen LogP contribution >= 0.6 is 0 Å². The number of carbonyl (C=O) groups is 2. The minimum absolute atomic E-state index is 0.0339. The van der Waals surface area contributed by atoms with Crippen LogP contribution in [0.3, 0.4) is 0 Å². The third-order valence-electron chi connectivity index (χ3n) is 4.55. The van der Waals surface area contributed by atoms with Crippen molar-refractivity contribution in [2.24, 2.45) is 0 Å². The highest BCUT2D eigenvalue weighted by atomic mass is 19.1. The normalized spacial score (nSPS) is 13.9. The first-order chi connectivity index (χ1) is 13.4. The van der Waals surface area contributed by atoms with Gasteiger partial charge in [-0.1, -0.05) is 6.07 Å². The summed E-state index contributed by atoms with van der Waals surface area (Å²) >= 11 is 0. The van der Waals surface area contributed by atoms with Crippen molar-refractivity contribution in [1.29, 1.82) is 0 Å². The second kappa shape index (κ2) is 8.47. The van der Waals surface area contributed by atoms with Crippen LogP contribution in [-0.2, 0) is 4.79 Å². The van der Waals surface area contributed by atoms with Gasteiger partial charge in [-0.25, -0.2) is 4.39 Å². The molecule has 1 N–H and O–H groups in total. The highest BCUT2D eigenvalue weighted by Gasteiger charge is 2.22. The summed E-state index contributed by atoms with van der Waals surface area (Å²) in [7, 11) is 0. The van der Waals surface area contributed by atoms with Crippen LogP contribution in [0.15, 0.2) is 48.5 Å². The number of nitro groups is 1. The summed E-state index contributed by atoms with van der Waals surface area (Å²) in [6, 6.07) is 11.6. The van der Waals surface area contributed by atoms with E-state index in [1.165, 1.54) is 30.3 Å². The molecule has 28 heavy (non-hydrogen) atoms. The Hall–Kier alpha value is -3.49.